The molecular formula is C19H18ClFN2O2. The second kappa shape index (κ2) is 7.66. The normalized spacial score (nSPS) is 15.0. The number of halogens is 2. The first-order chi connectivity index (χ1) is 12.0. The molecule has 1 heterocycles. The predicted molar refractivity (Wildman–Crippen MR) is 94.3 cm³/mol. The van der Waals surface area contributed by atoms with Crippen LogP contribution in [-0.4, -0.2) is 47.8 Å². The second-order valence-corrected chi connectivity index (χ2v) is 6.39. The van der Waals surface area contributed by atoms with Crippen LogP contribution in [0.4, 0.5) is 4.39 Å². The Kier molecular flexibility index (Phi) is 5.34. The van der Waals surface area contributed by atoms with E-state index in [2.05, 4.69) is 0 Å². The lowest BCUT2D eigenvalue weighted by molar-refractivity contribution is 0.0718. The van der Waals surface area contributed by atoms with Crippen LogP contribution in [0.25, 0.3) is 0 Å². The van der Waals surface area contributed by atoms with Gasteiger partial charge < -0.3 is 9.80 Å². The third kappa shape index (κ3) is 4.17. The maximum absolute atomic E-state index is 13.0. The maximum atomic E-state index is 13.0. The SMILES string of the molecule is O=C(c1ccc(F)cc1)N1CCCN(C(=O)c2cccc(Cl)c2)CC1. The molecule has 0 atom stereocenters. The summed E-state index contributed by atoms with van der Waals surface area (Å²) >= 11 is 5.95. The van der Waals surface area contributed by atoms with Crippen LogP contribution in [0, 0.1) is 5.82 Å². The summed E-state index contributed by atoms with van der Waals surface area (Å²) in [7, 11) is 0. The Morgan fingerprint density at radius 1 is 0.840 bits per heavy atom. The average molecular weight is 361 g/mol. The van der Waals surface area contributed by atoms with E-state index in [9.17, 15) is 14.0 Å². The molecule has 3 rings (SSSR count). The summed E-state index contributed by atoms with van der Waals surface area (Å²) in [5.74, 6) is -0.596. The first-order valence-electron chi connectivity index (χ1n) is 8.14. The van der Waals surface area contributed by atoms with Crippen LogP contribution < -0.4 is 0 Å². The molecule has 1 aliphatic heterocycles. The third-order valence-corrected chi connectivity index (χ3v) is 4.47. The number of carbonyl (C=O) groups is 2. The number of hydrogen-bond donors (Lipinski definition) is 0. The van der Waals surface area contributed by atoms with Crippen molar-refractivity contribution in [3.8, 4) is 0 Å². The molecule has 1 saturated heterocycles. The van der Waals surface area contributed by atoms with Crippen LogP contribution in [0.1, 0.15) is 27.1 Å². The van der Waals surface area contributed by atoms with E-state index in [1.807, 2.05) is 0 Å². The van der Waals surface area contributed by atoms with Gasteiger partial charge in [-0.1, -0.05) is 17.7 Å². The van der Waals surface area contributed by atoms with Gasteiger partial charge in [-0.25, -0.2) is 4.39 Å². The van der Waals surface area contributed by atoms with Gasteiger partial charge in [0.15, 0.2) is 0 Å². The lowest BCUT2D eigenvalue weighted by atomic mass is 10.2. The zero-order valence-electron chi connectivity index (χ0n) is 13.6. The van der Waals surface area contributed by atoms with Crippen molar-refractivity contribution >= 4 is 23.4 Å². The Morgan fingerprint density at radius 3 is 2.04 bits per heavy atom. The zero-order chi connectivity index (χ0) is 17.8. The van der Waals surface area contributed by atoms with Gasteiger partial charge >= 0.3 is 0 Å². The molecule has 0 bridgehead atoms. The minimum atomic E-state index is -0.370. The standard InChI is InChI=1S/C19H18ClFN2O2/c20-16-4-1-3-15(13-16)19(25)23-10-2-9-22(11-12-23)18(24)14-5-7-17(21)8-6-14/h1,3-8,13H,2,9-12H2. The number of nitrogens with zero attached hydrogens (tertiary/aromatic N) is 2. The largest absolute Gasteiger partial charge is 0.337 e. The lowest BCUT2D eigenvalue weighted by Gasteiger charge is -2.22. The fourth-order valence-corrected chi connectivity index (χ4v) is 3.09. The molecule has 2 aromatic carbocycles. The van der Waals surface area contributed by atoms with E-state index in [0.29, 0.717) is 48.7 Å². The molecule has 130 valence electrons. The Balaban J connectivity index is 1.67. The fourth-order valence-electron chi connectivity index (χ4n) is 2.90. The molecule has 1 aliphatic rings. The van der Waals surface area contributed by atoms with Crippen molar-refractivity contribution in [1.82, 2.24) is 9.80 Å². The highest BCUT2D eigenvalue weighted by atomic mass is 35.5. The van der Waals surface area contributed by atoms with Gasteiger partial charge in [0.25, 0.3) is 11.8 Å². The summed E-state index contributed by atoms with van der Waals surface area (Å²) in [5.41, 5.74) is 1.00. The minimum absolute atomic E-state index is 0.0846. The smallest absolute Gasteiger partial charge is 0.253 e. The Labute approximate surface area is 150 Å². The number of rotatable bonds is 2. The quantitative estimate of drug-likeness (QED) is 0.822. The predicted octanol–water partition coefficient (Wildman–Crippen LogP) is 3.47. The molecule has 2 amide bonds. The van der Waals surface area contributed by atoms with Crippen LogP contribution in [0.2, 0.25) is 5.02 Å². The van der Waals surface area contributed by atoms with Crippen molar-refractivity contribution in [3.63, 3.8) is 0 Å². The van der Waals surface area contributed by atoms with Gasteiger partial charge in [0.2, 0.25) is 0 Å². The van der Waals surface area contributed by atoms with E-state index in [4.69, 9.17) is 11.6 Å². The third-order valence-electron chi connectivity index (χ3n) is 4.23. The van der Waals surface area contributed by atoms with Gasteiger partial charge in [-0.05, 0) is 48.9 Å². The summed E-state index contributed by atoms with van der Waals surface area (Å²) < 4.78 is 13.0. The van der Waals surface area contributed by atoms with Crippen molar-refractivity contribution in [2.24, 2.45) is 0 Å². The molecule has 0 aliphatic carbocycles. The summed E-state index contributed by atoms with van der Waals surface area (Å²) in [6, 6.07) is 12.4. The number of hydrogen-bond acceptors (Lipinski definition) is 2. The average Bonchev–Trinajstić information content (AvgIpc) is 2.87. The van der Waals surface area contributed by atoms with Crippen molar-refractivity contribution in [3.05, 3.63) is 70.5 Å². The highest BCUT2D eigenvalue weighted by Crippen LogP contribution is 2.15. The number of amides is 2. The van der Waals surface area contributed by atoms with Gasteiger partial charge in [-0.2, -0.15) is 0 Å². The zero-order valence-corrected chi connectivity index (χ0v) is 14.4. The van der Waals surface area contributed by atoms with E-state index in [1.165, 1.54) is 24.3 Å². The van der Waals surface area contributed by atoms with E-state index in [1.54, 1.807) is 34.1 Å². The van der Waals surface area contributed by atoms with Crippen molar-refractivity contribution in [2.75, 3.05) is 26.2 Å². The molecule has 0 N–H and O–H groups in total. The molecule has 0 aromatic heterocycles. The highest BCUT2D eigenvalue weighted by molar-refractivity contribution is 6.30. The van der Waals surface area contributed by atoms with Crippen LogP contribution in [0.3, 0.4) is 0 Å². The topological polar surface area (TPSA) is 40.6 Å². The molecule has 0 saturated carbocycles. The second-order valence-electron chi connectivity index (χ2n) is 5.96. The monoisotopic (exact) mass is 360 g/mol. The molecule has 1 fully saturated rings. The van der Waals surface area contributed by atoms with E-state index >= 15 is 0 Å². The Bertz CT molecular complexity index is 779. The molecule has 0 spiro atoms. The molecule has 25 heavy (non-hydrogen) atoms. The summed E-state index contributed by atoms with van der Waals surface area (Å²) in [5, 5.41) is 0.522. The van der Waals surface area contributed by atoms with Gasteiger partial charge in [0.1, 0.15) is 5.82 Å². The Morgan fingerprint density at radius 2 is 1.44 bits per heavy atom. The number of benzene rings is 2. The summed E-state index contributed by atoms with van der Waals surface area (Å²) in [6.45, 7) is 2.05. The first-order valence-corrected chi connectivity index (χ1v) is 8.52. The molecule has 2 aromatic rings. The van der Waals surface area contributed by atoms with Gasteiger partial charge in [-0.3, -0.25) is 9.59 Å². The van der Waals surface area contributed by atoms with E-state index < -0.39 is 0 Å². The van der Waals surface area contributed by atoms with Gasteiger partial charge in [-0.15, -0.1) is 0 Å². The summed E-state index contributed by atoms with van der Waals surface area (Å²) in [4.78, 5) is 28.6. The van der Waals surface area contributed by atoms with Crippen LogP contribution >= 0.6 is 11.6 Å². The van der Waals surface area contributed by atoms with Crippen LogP contribution in [-0.2, 0) is 0 Å². The van der Waals surface area contributed by atoms with Crippen LogP contribution in [0.5, 0.6) is 0 Å². The molecular weight excluding hydrogens is 343 g/mol. The molecule has 4 nitrogen and oxygen atoms in total. The summed E-state index contributed by atoms with van der Waals surface area (Å²) in [6.07, 6.45) is 0.694. The molecule has 0 unspecified atom stereocenters. The first kappa shape index (κ1) is 17.4. The minimum Gasteiger partial charge on any atom is -0.337 e. The van der Waals surface area contributed by atoms with Crippen LogP contribution in [0.15, 0.2) is 48.5 Å². The van der Waals surface area contributed by atoms with Crippen molar-refractivity contribution in [1.29, 1.82) is 0 Å². The number of carbonyl (C=O) groups excluding carboxylic acids is 2. The highest BCUT2D eigenvalue weighted by Gasteiger charge is 2.23. The maximum Gasteiger partial charge on any atom is 0.253 e. The van der Waals surface area contributed by atoms with Gasteiger partial charge in [0, 0.05) is 42.3 Å². The lowest BCUT2D eigenvalue weighted by Crippen LogP contribution is -2.37. The van der Waals surface area contributed by atoms with Crippen molar-refractivity contribution in [2.45, 2.75) is 6.42 Å². The fraction of sp³-hybridized carbons (Fsp3) is 0.263. The van der Waals surface area contributed by atoms with Gasteiger partial charge in [0.05, 0.1) is 0 Å². The van der Waals surface area contributed by atoms with E-state index in [0.717, 1.165) is 0 Å². The molecule has 0 radical (unpaired) electrons. The molecule has 6 heteroatoms. The Hall–Kier alpha value is -2.40. The van der Waals surface area contributed by atoms with E-state index in [-0.39, 0.29) is 17.6 Å². The van der Waals surface area contributed by atoms with Crippen molar-refractivity contribution < 1.29 is 14.0 Å².